The number of likely N-dealkylation sites (tertiary alicyclic amines) is 1. The molecule has 2 aliphatic heterocycles. The van der Waals surface area contributed by atoms with Crippen molar-refractivity contribution in [2.45, 2.75) is 13.0 Å². The molecule has 0 unspecified atom stereocenters. The predicted molar refractivity (Wildman–Crippen MR) is 170 cm³/mol. The quantitative estimate of drug-likeness (QED) is 0.228. The molecule has 7 rings (SSSR count). The highest BCUT2D eigenvalue weighted by Gasteiger charge is 2.48. The first-order valence-electron chi connectivity index (χ1n) is 14.9. The van der Waals surface area contributed by atoms with Crippen LogP contribution in [0.5, 0.6) is 17.4 Å². The Bertz CT molecular complexity index is 1980. The van der Waals surface area contributed by atoms with Crippen molar-refractivity contribution >= 4 is 23.1 Å². The van der Waals surface area contributed by atoms with Crippen LogP contribution in [0.3, 0.4) is 0 Å². The number of carbonyl (C=O) groups is 2. The number of ether oxygens (including phenoxy) is 3. The van der Waals surface area contributed by atoms with Crippen LogP contribution < -0.4 is 19.5 Å². The van der Waals surface area contributed by atoms with Gasteiger partial charge < -0.3 is 19.5 Å². The molecule has 1 N–H and O–H groups in total. The predicted octanol–water partition coefficient (Wildman–Crippen LogP) is 5.05. The van der Waals surface area contributed by atoms with E-state index in [9.17, 15) is 9.59 Å². The zero-order valence-corrected chi connectivity index (χ0v) is 25.7. The molecular formula is C35H32FN5O5. The largest absolute Gasteiger partial charge is 0.496 e. The van der Waals surface area contributed by atoms with Crippen LogP contribution in [0.1, 0.15) is 22.3 Å². The Kier molecular flexibility index (Phi) is 7.40. The molecule has 2 saturated heterocycles. The van der Waals surface area contributed by atoms with Crippen molar-refractivity contribution in [1.82, 2.24) is 25.0 Å². The number of nitrogens with zero attached hydrogens (tertiary/aromatic N) is 4. The van der Waals surface area contributed by atoms with Crippen LogP contribution in [-0.4, -0.2) is 72.8 Å². The van der Waals surface area contributed by atoms with E-state index in [1.54, 1.807) is 42.3 Å². The maximum absolute atomic E-state index is 16.4. The molecular weight excluding hydrogens is 589 g/mol. The SMILES string of the molecule is COc1cc(-n2ncc3c(-c4cccc(-c5ccc(CN6CC7(CNC(=O)C7)C6)c(OC)n5)c4F)cccc32)cc(OC)c1C=O. The number of nitrogens with one attached hydrogen (secondary N) is 1. The van der Waals surface area contributed by atoms with Crippen molar-refractivity contribution < 1.29 is 28.2 Å². The average molecular weight is 622 g/mol. The molecule has 2 aliphatic rings. The summed E-state index contributed by atoms with van der Waals surface area (Å²) in [5.41, 5.74) is 4.48. The summed E-state index contributed by atoms with van der Waals surface area (Å²) in [5, 5.41) is 8.28. The van der Waals surface area contributed by atoms with Gasteiger partial charge in [-0.1, -0.05) is 30.3 Å². The molecule has 0 bridgehead atoms. The minimum absolute atomic E-state index is 0.0291. The van der Waals surface area contributed by atoms with Gasteiger partial charge in [0.05, 0.1) is 50.0 Å². The van der Waals surface area contributed by atoms with Crippen molar-refractivity contribution in [3.05, 3.63) is 83.8 Å². The number of hydrogen-bond donors (Lipinski definition) is 1. The van der Waals surface area contributed by atoms with Gasteiger partial charge in [0.15, 0.2) is 6.29 Å². The molecule has 234 valence electrons. The van der Waals surface area contributed by atoms with Crippen LogP contribution in [0, 0.1) is 11.2 Å². The number of halogens is 1. The third kappa shape index (κ3) is 4.93. The van der Waals surface area contributed by atoms with Crippen LogP contribution in [0.25, 0.3) is 39.0 Å². The van der Waals surface area contributed by atoms with Crippen LogP contribution in [0.4, 0.5) is 4.39 Å². The maximum atomic E-state index is 16.4. The fourth-order valence-corrected chi connectivity index (χ4v) is 6.74. The average Bonchev–Trinajstić information content (AvgIpc) is 3.68. The van der Waals surface area contributed by atoms with Gasteiger partial charge in [-0.15, -0.1) is 0 Å². The molecule has 0 aliphatic carbocycles. The second-order valence-electron chi connectivity index (χ2n) is 11.8. The van der Waals surface area contributed by atoms with E-state index >= 15 is 4.39 Å². The molecule has 0 saturated carbocycles. The molecule has 3 aromatic carbocycles. The van der Waals surface area contributed by atoms with Gasteiger partial charge in [-0.05, 0) is 23.8 Å². The van der Waals surface area contributed by atoms with Gasteiger partial charge in [0.2, 0.25) is 11.8 Å². The van der Waals surface area contributed by atoms with Gasteiger partial charge in [-0.25, -0.2) is 14.1 Å². The van der Waals surface area contributed by atoms with E-state index in [1.165, 1.54) is 14.2 Å². The first-order valence-corrected chi connectivity index (χ1v) is 14.9. The van der Waals surface area contributed by atoms with Crippen LogP contribution in [0.15, 0.2) is 66.9 Å². The van der Waals surface area contributed by atoms with Gasteiger partial charge in [0.25, 0.3) is 0 Å². The minimum atomic E-state index is -0.410. The van der Waals surface area contributed by atoms with Crippen molar-refractivity contribution in [3.63, 3.8) is 0 Å². The van der Waals surface area contributed by atoms with Crippen LogP contribution >= 0.6 is 0 Å². The fourth-order valence-electron chi connectivity index (χ4n) is 6.74. The number of hydrogen-bond acceptors (Lipinski definition) is 8. The van der Waals surface area contributed by atoms with Gasteiger partial charge >= 0.3 is 0 Å². The molecule has 1 amide bonds. The van der Waals surface area contributed by atoms with Crippen molar-refractivity contribution in [3.8, 4) is 45.5 Å². The summed E-state index contributed by atoms with van der Waals surface area (Å²) in [6, 6.07) is 18.0. The number of carbonyl (C=O) groups excluding carboxylic acids is 2. The Labute approximate surface area is 264 Å². The molecule has 4 heterocycles. The molecule has 0 radical (unpaired) electrons. The van der Waals surface area contributed by atoms with Crippen molar-refractivity contribution in [2.24, 2.45) is 5.41 Å². The summed E-state index contributed by atoms with van der Waals surface area (Å²) in [7, 11) is 4.53. The lowest BCUT2D eigenvalue weighted by Crippen LogP contribution is -2.56. The number of benzene rings is 3. The van der Waals surface area contributed by atoms with Crippen molar-refractivity contribution in [1.29, 1.82) is 0 Å². The third-order valence-electron chi connectivity index (χ3n) is 8.91. The zero-order valence-electron chi connectivity index (χ0n) is 25.7. The summed E-state index contributed by atoms with van der Waals surface area (Å²) >= 11 is 0. The summed E-state index contributed by atoms with van der Waals surface area (Å²) in [4.78, 5) is 30.3. The monoisotopic (exact) mass is 621 g/mol. The second kappa shape index (κ2) is 11.6. The molecule has 10 nitrogen and oxygen atoms in total. The number of amides is 1. The van der Waals surface area contributed by atoms with Crippen molar-refractivity contribution in [2.75, 3.05) is 41.0 Å². The van der Waals surface area contributed by atoms with E-state index in [4.69, 9.17) is 19.2 Å². The molecule has 0 atom stereocenters. The lowest BCUT2D eigenvalue weighted by atomic mass is 9.79. The Morgan fingerprint density at radius 2 is 1.67 bits per heavy atom. The Balaban J connectivity index is 1.21. The first-order chi connectivity index (χ1) is 22.4. The van der Waals surface area contributed by atoms with E-state index in [1.807, 2.05) is 36.4 Å². The number of aldehydes is 1. The third-order valence-corrected chi connectivity index (χ3v) is 8.91. The van der Waals surface area contributed by atoms with Gasteiger partial charge in [-0.2, -0.15) is 5.10 Å². The minimum Gasteiger partial charge on any atom is -0.496 e. The van der Waals surface area contributed by atoms with E-state index < -0.39 is 5.82 Å². The first kappa shape index (κ1) is 29.4. The van der Waals surface area contributed by atoms with Gasteiger partial charge in [0.1, 0.15) is 17.3 Å². The lowest BCUT2D eigenvalue weighted by Gasteiger charge is -2.47. The number of methoxy groups -OCH3 is 3. The van der Waals surface area contributed by atoms with Crippen LogP contribution in [0.2, 0.25) is 0 Å². The lowest BCUT2D eigenvalue weighted by molar-refractivity contribution is -0.120. The highest BCUT2D eigenvalue weighted by Crippen LogP contribution is 2.40. The highest BCUT2D eigenvalue weighted by molar-refractivity contribution is 5.96. The standard InChI is InChI=1S/C35H32FN5O5/c1-44-30-12-22(13-31(45-2)27(30)17-42)41-29-9-5-6-23(26(29)15-38-41)24-7-4-8-25(33(24)36)28-11-10-21(34(39-28)46-3)16-40-19-35(20-40)14-32(43)37-18-35/h4-13,15,17H,14,16,18-20H2,1-3H3,(H,37,43). The molecule has 5 aromatic rings. The van der Waals surface area contributed by atoms with E-state index in [0.29, 0.717) is 70.3 Å². The number of fused-ring (bicyclic) bond motifs is 1. The maximum Gasteiger partial charge on any atom is 0.220 e. The molecule has 46 heavy (non-hydrogen) atoms. The molecule has 11 heteroatoms. The number of rotatable bonds is 9. The summed E-state index contributed by atoms with van der Waals surface area (Å²) < 4.78 is 34.6. The van der Waals surface area contributed by atoms with Crippen LogP contribution in [-0.2, 0) is 11.3 Å². The molecule has 1 spiro atoms. The smallest absolute Gasteiger partial charge is 0.220 e. The summed E-state index contributed by atoms with van der Waals surface area (Å²) in [6.07, 6.45) is 2.95. The molecule has 2 fully saturated rings. The number of aromatic nitrogens is 3. The highest BCUT2D eigenvalue weighted by atomic mass is 19.1. The molecule has 2 aromatic heterocycles. The van der Waals surface area contributed by atoms with E-state index in [0.717, 1.165) is 36.1 Å². The Hall–Kier alpha value is -5.29. The topological polar surface area (TPSA) is 108 Å². The van der Waals surface area contributed by atoms with E-state index in [-0.39, 0.29) is 11.3 Å². The number of pyridine rings is 1. The second-order valence-corrected chi connectivity index (χ2v) is 11.8. The summed E-state index contributed by atoms with van der Waals surface area (Å²) in [6.45, 7) is 3.02. The zero-order chi connectivity index (χ0) is 32.0. The van der Waals surface area contributed by atoms with Gasteiger partial charge in [-0.3, -0.25) is 14.5 Å². The Morgan fingerprint density at radius 3 is 2.35 bits per heavy atom. The van der Waals surface area contributed by atoms with E-state index in [2.05, 4.69) is 15.3 Å². The summed E-state index contributed by atoms with van der Waals surface area (Å²) in [5.74, 6) is 0.858. The normalized spacial score (nSPS) is 15.5. The fraction of sp³-hybridized carbons (Fsp3) is 0.257. The van der Waals surface area contributed by atoms with Gasteiger partial charge in [0, 0.05) is 72.2 Å². The Morgan fingerprint density at radius 1 is 0.957 bits per heavy atom.